The smallest absolute Gasteiger partial charge is 0.276 e. The first-order valence-electron chi connectivity index (χ1n) is 8.20. The van der Waals surface area contributed by atoms with Crippen LogP contribution in [0.4, 0.5) is 11.5 Å². The van der Waals surface area contributed by atoms with Crippen LogP contribution >= 0.6 is 0 Å². The number of hydrogen-bond acceptors (Lipinski definition) is 6. The lowest BCUT2D eigenvalue weighted by Crippen LogP contribution is -2.45. The van der Waals surface area contributed by atoms with Crippen molar-refractivity contribution in [1.82, 2.24) is 24.5 Å². The number of anilines is 2. The normalized spacial score (nSPS) is 15.5. The number of piperazine rings is 1. The van der Waals surface area contributed by atoms with Crippen molar-refractivity contribution in [2.75, 3.05) is 43.4 Å². The van der Waals surface area contributed by atoms with E-state index in [1.165, 1.54) is 0 Å². The van der Waals surface area contributed by atoms with Crippen molar-refractivity contribution in [3.63, 3.8) is 0 Å². The number of imidazole rings is 1. The molecule has 1 fully saturated rings. The molecule has 3 aromatic rings. The lowest BCUT2D eigenvalue weighted by atomic mass is 10.3. The van der Waals surface area contributed by atoms with Crippen molar-refractivity contribution < 1.29 is 4.79 Å². The quantitative estimate of drug-likeness (QED) is 0.772. The molecular formula is C17H19N7O. The van der Waals surface area contributed by atoms with Crippen LogP contribution in [0.15, 0.2) is 42.9 Å². The molecule has 0 aliphatic carbocycles. The van der Waals surface area contributed by atoms with Crippen LogP contribution in [0.3, 0.4) is 0 Å². The summed E-state index contributed by atoms with van der Waals surface area (Å²) in [5.74, 6) is 0.595. The molecule has 0 aromatic carbocycles. The molecule has 4 heterocycles. The van der Waals surface area contributed by atoms with Crippen LogP contribution in [0.5, 0.6) is 0 Å². The summed E-state index contributed by atoms with van der Waals surface area (Å²) in [6.07, 6.45) is 4.81. The average molecular weight is 337 g/mol. The van der Waals surface area contributed by atoms with Crippen LogP contribution in [0.1, 0.15) is 10.5 Å². The monoisotopic (exact) mass is 337 g/mol. The van der Waals surface area contributed by atoms with Crippen LogP contribution in [-0.4, -0.2) is 63.6 Å². The number of rotatable bonds is 3. The van der Waals surface area contributed by atoms with E-state index in [9.17, 15) is 4.79 Å². The van der Waals surface area contributed by atoms with Gasteiger partial charge in [-0.3, -0.25) is 9.78 Å². The fourth-order valence-electron chi connectivity index (χ4n) is 2.85. The zero-order chi connectivity index (χ0) is 17.2. The van der Waals surface area contributed by atoms with Gasteiger partial charge in [0.05, 0.1) is 18.1 Å². The predicted molar refractivity (Wildman–Crippen MR) is 94.9 cm³/mol. The summed E-state index contributed by atoms with van der Waals surface area (Å²) < 4.78 is 1.60. The Morgan fingerprint density at radius 1 is 1.12 bits per heavy atom. The third-order valence-electron chi connectivity index (χ3n) is 4.33. The van der Waals surface area contributed by atoms with E-state index in [1.54, 1.807) is 35.2 Å². The number of likely N-dealkylation sites (N-methyl/N-ethyl adjacent to an activating group) is 1. The number of nitrogens with one attached hydrogen (secondary N) is 1. The highest BCUT2D eigenvalue weighted by Crippen LogP contribution is 2.16. The third-order valence-corrected chi connectivity index (χ3v) is 4.33. The van der Waals surface area contributed by atoms with Crippen molar-refractivity contribution in [1.29, 1.82) is 0 Å². The van der Waals surface area contributed by atoms with Crippen molar-refractivity contribution in [2.45, 2.75) is 0 Å². The lowest BCUT2D eigenvalue weighted by Gasteiger charge is -2.33. The number of amides is 1. The minimum absolute atomic E-state index is 0.261. The van der Waals surface area contributed by atoms with Crippen molar-refractivity contribution in [3.05, 3.63) is 48.5 Å². The Kier molecular flexibility index (Phi) is 4.02. The highest BCUT2D eigenvalue weighted by Gasteiger charge is 2.18. The molecule has 0 radical (unpaired) electrons. The Hall–Kier alpha value is -3.00. The number of aromatic nitrogens is 4. The minimum atomic E-state index is -0.261. The number of hydrogen-bond donors (Lipinski definition) is 1. The summed E-state index contributed by atoms with van der Waals surface area (Å²) in [4.78, 5) is 25.4. The zero-order valence-corrected chi connectivity index (χ0v) is 14.0. The summed E-state index contributed by atoms with van der Waals surface area (Å²) in [5.41, 5.74) is 1.68. The zero-order valence-electron chi connectivity index (χ0n) is 14.0. The molecule has 0 atom stereocenters. The summed E-state index contributed by atoms with van der Waals surface area (Å²) >= 11 is 0. The Bertz CT molecular complexity index is 884. The molecule has 0 unspecified atom stereocenters. The molecule has 0 bridgehead atoms. The molecule has 1 amide bonds. The van der Waals surface area contributed by atoms with Gasteiger partial charge in [0.1, 0.15) is 5.82 Å². The van der Waals surface area contributed by atoms with E-state index < -0.39 is 0 Å². The molecular weight excluding hydrogens is 318 g/mol. The largest absolute Gasteiger partial charge is 0.353 e. The van der Waals surface area contributed by atoms with Gasteiger partial charge in [-0.1, -0.05) is 0 Å². The molecule has 25 heavy (non-hydrogen) atoms. The first-order chi connectivity index (χ1) is 12.2. The maximum absolute atomic E-state index is 12.6. The maximum Gasteiger partial charge on any atom is 0.276 e. The molecule has 0 spiro atoms. The second-order valence-corrected chi connectivity index (χ2v) is 6.09. The van der Waals surface area contributed by atoms with Gasteiger partial charge in [0, 0.05) is 32.4 Å². The van der Waals surface area contributed by atoms with Gasteiger partial charge in [-0.2, -0.15) is 0 Å². The number of fused-ring (bicyclic) bond motifs is 1. The van der Waals surface area contributed by atoms with Crippen molar-refractivity contribution in [2.24, 2.45) is 0 Å². The molecule has 3 aromatic heterocycles. The van der Waals surface area contributed by atoms with E-state index in [0.29, 0.717) is 17.0 Å². The van der Waals surface area contributed by atoms with Crippen molar-refractivity contribution >= 4 is 23.1 Å². The second kappa shape index (κ2) is 6.48. The van der Waals surface area contributed by atoms with E-state index in [1.807, 2.05) is 12.1 Å². The SMILES string of the molecule is CN1CCN(c2ccc3ncc(C(=O)Nc4cccnc4)n3n2)CC1. The van der Waals surface area contributed by atoms with Gasteiger partial charge in [-0.25, -0.2) is 9.50 Å². The van der Waals surface area contributed by atoms with Gasteiger partial charge in [0.15, 0.2) is 11.3 Å². The highest BCUT2D eigenvalue weighted by atomic mass is 16.2. The number of carbonyl (C=O) groups excluding carboxylic acids is 1. The standard InChI is InChI=1S/C17H19N7O/c1-22-7-9-23(10-8-22)16-5-4-15-19-12-14(24(15)21-16)17(25)20-13-3-2-6-18-11-13/h2-6,11-12H,7-10H2,1H3,(H,20,25). The molecule has 128 valence electrons. The molecule has 8 nitrogen and oxygen atoms in total. The molecule has 1 aliphatic heterocycles. The van der Waals surface area contributed by atoms with Gasteiger partial charge < -0.3 is 15.1 Å². The molecule has 1 aliphatic rings. The van der Waals surface area contributed by atoms with Gasteiger partial charge >= 0.3 is 0 Å². The topological polar surface area (TPSA) is 78.7 Å². The summed E-state index contributed by atoms with van der Waals surface area (Å²) in [7, 11) is 2.12. The van der Waals surface area contributed by atoms with E-state index in [-0.39, 0.29) is 5.91 Å². The predicted octanol–water partition coefficient (Wildman–Crippen LogP) is 1.13. The Labute approximate surface area is 145 Å². The Balaban J connectivity index is 1.61. The Morgan fingerprint density at radius 2 is 1.96 bits per heavy atom. The molecule has 0 saturated carbocycles. The summed E-state index contributed by atoms with van der Waals surface area (Å²) in [6.45, 7) is 3.83. The highest BCUT2D eigenvalue weighted by molar-refractivity contribution is 6.03. The first-order valence-corrected chi connectivity index (χ1v) is 8.20. The number of carbonyl (C=O) groups is 1. The van der Waals surface area contributed by atoms with E-state index in [2.05, 4.69) is 37.2 Å². The van der Waals surface area contributed by atoms with Crippen LogP contribution in [0.2, 0.25) is 0 Å². The molecule has 4 rings (SSSR count). The summed E-state index contributed by atoms with van der Waals surface area (Å²) in [6, 6.07) is 7.41. The number of nitrogens with zero attached hydrogens (tertiary/aromatic N) is 6. The minimum Gasteiger partial charge on any atom is -0.353 e. The fourth-order valence-corrected chi connectivity index (χ4v) is 2.85. The molecule has 1 N–H and O–H groups in total. The summed E-state index contributed by atoms with van der Waals surface area (Å²) in [5, 5.41) is 7.45. The van der Waals surface area contributed by atoms with Crippen molar-refractivity contribution in [3.8, 4) is 0 Å². The average Bonchev–Trinajstić information content (AvgIpc) is 3.06. The van der Waals surface area contributed by atoms with Crippen LogP contribution in [0, 0.1) is 0 Å². The molecule has 1 saturated heterocycles. The maximum atomic E-state index is 12.6. The van der Waals surface area contributed by atoms with Gasteiger partial charge in [0.25, 0.3) is 5.91 Å². The van der Waals surface area contributed by atoms with E-state index in [4.69, 9.17) is 0 Å². The first kappa shape index (κ1) is 15.5. The third kappa shape index (κ3) is 3.16. The number of pyridine rings is 1. The van der Waals surface area contributed by atoms with Crippen LogP contribution < -0.4 is 10.2 Å². The van der Waals surface area contributed by atoms with E-state index in [0.717, 1.165) is 32.0 Å². The van der Waals surface area contributed by atoms with Crippen LogP contribution in [-0.2, 0) is 0 Å². The van der Waals surface area contributed by atoms with E-state index >= 15 is 0 Å². The fraction of sp³-hybridized carbons (Fsp3) is 0.294. The van der Waals surface area contributed by atoms with Crippen LogP contribution in [0.25, 0.3) is 5.65 Å². The van der Waals surface area contributed by atoms with Gasteiger partial charge in [-0.05, 0) is 31.3 Å². The lowest BCUT2D eigenvalue weighted by molar-refractivity contribution is 0.102. The van der Waals surface area contributed by atoms with Gasteiger partial charge in [0.2, 0.25) is 0 Å². The van der Waals surface area contributed by atoms with Gasteiger partial charge in [-0.15, -0.1) is 5.10 Å². The second-order valence-electron chi connectivity index (χ2n) is 6.09. The molecule has 8 heteroatoms. The Morgan fingerprint density at radius 3 is 2.72 bits per heavy atom.